The second-order valence-electron chi connectivity index (χ2n) is 10.1. The molecule has 224 valence electrons. The number of amides is 3. The lowest BCUT2D eigenvalue weighted by Crippen LogP contribution is -2.57. The number of nitrogens with one attached hydrogen (secondary N) is 3. The molecule has 0 aromatic heterocycles. The Balaban J connectivity index is 2.13. The fourth-order valence-corrected chi connectivity index (χ4v) is 4.36. The topological polar surface area (TPSA) is 203 Å². The smallest absolute Gasteiger partial charge is 0.326 e. The molecule has 2 aromatic rings. The van der Waals surface area contributed by atoms with E-state index in [1.807, 2.05) is 36.4 Å². The van der Waals surface area contributed by atoms with Crippen molar-refractivity contribution >= 4 is 23.7 Å². The van der Waals surface area contributed by atoms with Crippen LogP contribution in [0.5, 0.6) is 0 Å². The maximum Gasteiger partial charge on any atom is 0.326 e. The molecule has 0 aliphatic carbocycles. The second-order valence-corrected chi connectivity index (χ2v) is 10.1. The van der Waals surface area contributed by atoms with Gasteiger partial charge in [-0.2, -0.15) is 0 Å². The van der Waals surface area contributed by atoms with E-state index in [0.717, 1.165) is 11.1 Å². The normalized spacial score (nSPS) is 13.8. The first-order chi connectivity index (χ1) is 19.7. The van der Waals surface area contributed by atoms with Gasteiger partial charge < -0.3 is 38.3 Å². The number of aliphatic carboxylic acids is 1. The van der Waals surface area contributed by atoms with Gasteiger partial charge in [0.25, 0.3) is 0 Å². The van der Waals surface area contributed by atoms with Crippen molar-refractivity contribution < 1.29 is 24.3 Å². The Hall–Kier alpha value is -3.80. The fourth-order valence-electron chi connectivity index (χ4n) is 4.36. The van der Waals surface area contributed by atoms with E-state index in [1.165, 1.54) is 0 Å². The molecule has 4 unspecified atom stereocenters. The number of carbonyl (C=O) groups is 4. The van der Waals surface area contributed by atoms with Crippen molar-refractivity contribution in [1.82, 2.24) is 16.0 Å². The molecule has 0 saturated heterocycles. The van der Waals surface area contributed by atoms with Crippen LogP contribution in [0.1, 0.15) is 49.7 Å². The minimum atomic E-state index is -1.19. The first-order valence-corrected chi connectivity index (χ1v) is 14.1. The fraction of sp³-hybridized carbons (Fsp3) is 0.467. The summed E-state index contributed by atoms with van der Waals surface area (Å²) >= 11 is 0. The molecular weight excluding hydrogens is 524 g/mol. The predicted octanol–water partition coefficient (Wildman–Crippen LogP) is 0.596. The van der Waals surface area contributed by atoms with E-state index in [1.54, 1.807) is 24.3 Å². The van der Waals surface area contributed by atoms with Crippen LogP contribution in [0.4, 0.5) is 0 Å². The maximum absolute atomic E-state index is 13.4. The predicted molar refractivity (Wildman–Crippen MR) is 158 cm³/mol. The highest BCUT2D eigenvalue weighted by molar-refractivity contribution is 5.94. The molecule has 4 atom stereocenters. The number of nitrogens with two attached hydrogens (primary N) is 3. The van der Waals surface area contributed by atoms with Gasteiger partial charge in [-0.05, 0) is 69.2 Å². The number of hydrogen-bond acceptors (Lipinski definition) is 7. The SMILES string of the molecule is NCCCCC(NC(=O)C(N)Cc1ccccc1)C(=O)NC(CCCCN)C(=O)NC(Cc1ccccc1)C(=O)O. The summed E-state index contributed by atoms with van der Waals surface area (Å²) in [5.41, 5.74) is 19.0. The van der Waals surface area contributed by atoms with Gasteiger partial charge in [-0.15, -0.1) is 0 Å². The third-order valence-corrected chi connectivity index (χ3v) is 6.69. The summed E-state index contributed by atoms with van der Waals surface area (Å²) in [4.78, 5) is 51.5. The Morgan fingerprint density at radius 1 is 0.610 bits per heavy atom. The zero-order valence-electron chi connectivity index (χ0n) is 23.5. The lowest BCUT2D eigenvalue weighted by molar-refractivity contribution is -0.142. The van der Waals surface area contributed by atoms with Gasteiger partial charge in [0.15, 0.2) is 0 Å². The second kappa shape index (κ2) is 18.5. The number of hydrogen-bond donors (Lipinski definition) is 7. The average Bonchev–Trinajstić information content (AvgIpc) is 2.96. The summed E-state index contributed by atoms with van der Waals surface area (Å²) in [7, 11) is 0. The van der Waals surface area contributed by atoms with Gasteiger partial charge >= 0.3 is 5.97 Å². The van der Waals surface area contributed by atoms with Crippen molar-refractivity contribution in [2.75, 3.05) is 13.1 Å². The summed E-state index contributed by atoms with van der Waals surface area (Å²) in [6.07, 6.45) is 3.32. The van der Waals surface area contributed by atoms with Crippen molar-refractivity contribution in [1.29, 1.82) is 0 Å². The van der Waals surface area contributed by atoms with Gasteiger partial charge in [0, 0.05) is 6.42 Å². The number of unbranched alkanes of at least 4 members (excludes halogenated alkanes) is 2. The highest BCUT2D eigenvalue weighted by Crippen LogP contribution is 2.09. The molecular formula is C30H44N6O5. The van der Waals surface area contributed by atoms with Crippen LogP contribution in [0.25, 0.3) is 0 Å². The van der Waals surface area contributed by atoms with Crippen LogP contribution in [0, 0.1) is 0 Å². The van der Waals surface area contributed by atoms with E-state index in [9.17, 15) is 24.3 Å². The third kappa shape index (κ3) is 12.5. The van der Waals surface area contributed by atoms with E-state index in [2.05, 4.69) is 16.0 Å². The Bertz CT molecular complexity index is 1090. The first-order valence-electron chi connectivity index (χ1n) is 14.1. The van der Waals surface area contributed by atoms with Crippen molar-refractivity contribution in [2.24, 2.45) is 17.2 Å². The van der Waals surface area contributed by atoms with Gasteiger partial charge in [-0.25, -0.2) is 4.79 Å². The van der Waals surface area contributed by atoms with Crippen LogP contribution in [0.3, 0.4) is 0 Å². The van der Waals surface area contributed by atoms with E-state index >= 15 is 0 Å². The molecule has 0 bridgehead atoms. The van der Waals surface area contributed by atoms with E-state index in [-0.39, 0.29) is 12.8 Å². The Morgan fingerprint density at radius 3 is 1.46 bits per heavy atom. The number of rotatable bonds is 19. The van der Waals surface area contributed by atoms with Crippen molar-refractivity contribution in [3.05, 3.63) is 71.8 Å². The van der Waals surface area contributed by atoms with E-state index in [0.29, 0.717) is 51.6 Å². The lowest BCUT2D eigenvalue weighted by Gasteiger charge is -2.25. The molecule has 11 heteroatoms. The lowest BCUT2D eigenvalue weighted by atomic mass is 10.0. The number of carboxylic acid groups (broad SMARTS) is 1. The van der Waals surface area contributed by atoms with Gasteiger partial charge in [-0.1, -0.05) is 60.7 Å². The highest BCUT2D eigenvalue weighted by atomic mass is 16.4. The molecule has 0 aliphatic heterocycles. The summed E-state index contributed by atoms with van der Waals surface area (Å²) < 4.78 is 0. The first kappa shape index (κ1) is 33.4. The Morgan fingerprint density at radius 2 is 1.02 bits per heavy atom. The molecule has 0 fully saturated rings. The third-order valence-electron chi connectivity index (χ3n) is 6.69. The van der Waals surface area contributed by atoms with Crippen LogP contribution in [0.2, 0.25) is 0 Å². The van der Waals surface area contributed by atoms with Gasteiger partial charge in [0.1, 0.15) is 18.1 Å². The van der Waals surface area contributed by atoms with Crippen LogP contribution in [-0.2, 0) is 32.0 Å². The van der Waals surface area contributed by atoms with Crippen LogP contribution in [0.15, 0.2) is 60.7 Å². The molecule has 11 nitrogen and oxygen atoms in total. The van der Waals surface area contributed by atoms with Gasteiger partial charge in [-0.3, -0.25) is 14.4 Å². The number of benzene rings is 2. The molecule has 0 saturated carbocycles. The molecule has 10 N–H and O–H groups in total. The minimum Gasteiger partial charge on any atom is -0.480 e. The molecule has 2 rings (SSSR count). The summed E-state index contributed by atoms with van der Waals surface area (Å²) in [5, 5.41) is 17.8. The quantitative estimate of drug-likeness (QED) is 0.119. The van der Waals surface area contributed by atoms with Crippen LogP contribution < -0.4 is 33.2 Å². The zero-order chi connectivity index (χ0) is 30.0. The monoisotopic (exact) mass is 568 g/mol. The summed E-state index contributed by atoms with van der Waals surface area (Å²) in [5.74, 6) is -2.84. The van der Waals surface area contributed by atoms with Crippen molar-refractivity contribution in [3.63, 3.8) is 0 Å². The number of carboxylic acids is 1. The minimum absolute atomic E-state index is 0.0858. The van der Waals surface area contributed by atoms with E-state index < -0.39 is 47.9 Å². The molecule has 0 spiro atoms. The van der Waals surface area contributed by atoms with Crippen molar-refractivity contribution in [3.8, 4) is 0 Å². The number of carbonyl (C=O) groups excluding carboxylic acids is 3. The summed E-state index contributed by atoms with van der Waals surface area (Å²) in [6.45, 7) is 0.836. The standard InChI is InChI=1S/C30H44N6O5/c31-17-9-7-15-24(34-27(37)23(33)19-21-11-3-1-4-12-21)28(38)35-25(16-8-10-18-32)29(39)36-26(30(40)41)20-22-13-5-2-6-14-22/h1-6,11-14,23-26H,7-10,15-20,31-33H2,(H,34,37)(H,35,38)(H,36,39)(H,40,41). The molecule has 0 aliphatic rings. The molecule has 3 amide bonds. The summed E-state index contributed by atoms with van der Waals surface area (Å²) in [6, 6.07) is 14.2. The molecule has 0 heterocycles. The Labute approximate surface area is 241 Å². The zero-order valence-corrected chi connectivity index (χ0v) is 23.5. The van der Waals surface area contributed by atoms with E-state index in [4.69, 9.17) is 17.2 Å². The maximum atomic E-state index is 13.4. The van der Waals surface area contributed by atoms with Crippen LogP contribution in [-0.4, -0.2) is 66.1 Å². The molecule has 0 radical (unpaired) electrons. The Kier molecular flexibility index (Phi) is 15.1. The van der Waals surface area contributed by atoms with Gasteiger partial charge in [0.05, 0.1) is 6.04 Å². The highest BCUT2D eigenvalue weighted by Gasteiger charge is 2.30. The molecule has 2 aromatic carbocycles. The van der Waals surface area contributed by atoms with Crippen LogP contribution >= 0.6 is 0 Å². The largest absolute Gasteiger partial charge is 0.480 e. The average molecular weight is 569 g/mol. The van der Waals surface area contributed by atoms with Gasteiger partial charge in [0.2, 0.25) is 17.7 Å². The van der Waals surface area contributed by atoms with Crippen molar-refractivity contribution in [2.45, 2.75) is 75.5 Å². The molecule has 41 heavy (non-hydrogen) atoms.